The Hall–Kier alpha value is -3.27. The molecule has 0 aliphatic heterocycles. The molecule has 2 aromatic rings. The SMILES string of the molecule is CCOc1ccc(C(=O)Nc2c(N)nc(S/C(C(C)=O)=C(/C)O)[nH]c2=O)cc1. The van der Waals surface area contributed by atoms with Crippen LogP contribution in [0.15, 0.2) is 44.9 Å². The standard InChI is InChI=1S/C18H20N4O5S/c1-4-27-12-7-5-11(6-8-12)16(25)20-13-15(19)21-18(22-17(13)26)28-14(9(2)23)10(3)24/h5-8,23H,4H2,1-3H3,(H,20,25)(H3,19,21,22,26)/b14-9-. The van der Waals surface area contributed by atoms with Crippen molar-refractivity contribution in [2.45, 2.75) is 25.9 Å². The average molecular weight is 404 g/mol. The molecule has 1 heterocycles. The van der Waals surface area contributed by atoms with Gasteiger partial charge in [0.25, 0.3) is 11.5 Å². The van der Waals surface area contributed by atoms with Gasteiger partial charge < -0.3 is 20.9 Å². The van der Waals surface area contributed by atoms with Gasteiger partial charge in [0.1, 0.15) is 17.2 Å². The van der Waals surface area contributed by atoms with Crippen LogP contribution in [0.1, 0.15) is 31.1 Å². The lowest BCUT2D eigenvalue weighted by Crippen LogP contribution is -2.23. The molecule has 0 spiro atoms. The van der Waals surface area contributed by atoms with Crippen molar-refractivity contribution >= 4 is 35.0 Å². The first-order chi connectivity index (χ1) is 13.2. The lowest BCUT2D eigenvalue weighted by Gasteiger charge is -2.10. The number of nitrogen functional groups attached to an aromatic ring is 1. The minimum Gasteiger partial charge on any atom is -0.511 e. The van der Waals surface area contributed by atoms with Gasteiger partial charge in [0.2, 0.25) is 0 Å². The molecule has 0 aliphatic carbocycles. The molecule has 9 nitrogen and oxygen atoms in total. The Morgan fingerprint density at radius 1 is 1.29 bits per heavy atom. The zero-order valence-corrected chi connectivity index (χ0v) is 16.3. The fourth-order valence-corrected chi connectivity index (χ4v) is 2.96. The third-order valence-electron chi connectivity index (χ3n) is 3.44. The Labute approximate surface area is 165 Å². The number of nitrogens with one attached hydrogen (secondary N) is 2. The normalized spacial score (nSPS) is 11.5. The van der Waals surface area contributed by atoms with Gasteiger partial charge in [0.05, 0.1) is 11.5 Å². The number of hydrogen-bond acceptors (Lipinski definition) is 8. The maximum atomic E-state index is 12.4. The summed E-state index contributed by atoms with van der Waals surface area (Å²) in [5.74, 6) is -0.735. The Bertz CT molecular complexity index is 978. The van der Waals surface area contributed by atoms with Crippen LogP contribution in [0.3, 0.4) is 0 Å². The molecular weight excluding hydrogens is 384 g/mol. The summed E-state index contributed by atoms with van der Waals surface area (Å²) in [5.41, 5.74) is 5.20. The van der Waals surface area contributed by atoms with Crippen LogP contribution in [-0.2, 0) is 4.79 Å². The summed E-state index contributed by atoms with van der Waals surface area (Å²) in [6.07, 6.45) is 0. The van der Waals surface area contributed by atoms with Crippen LogP contribution >= 0.6 is 11.8 Å². The predicted molar refractivity (Wildman–Crippen MR) is 107 cm³/mol. The van der Waals surface area contributed by atoms with Crippen molar-refractivity contribution < 1.29 is 19.4 Å². The molecule has 5 N–H and O–H groups in total. The Balaban J connectivity index is 2.23. The molecule has 0 saturated carbocycles. The van der Waals surface area contributed by atoms with Crippen molar-refractivity contribution in [3.8, 4) is 5.75 Å². The van der Waals surface area contributed by atoms with E-state index in [4.69, 9.17) is 10.5 Å². The van der Waals surface area contributed by atoms with Crippen LogP contribution in [0.5, 0.6) is 5.75 Å². The number of Topliss-reactive ketones (excluding diaryl/α,β-unsaturated/α-hetero) is 1. The molecule has 0 saturated heterocycles. The highest BCUT2D eigenvalue weighted by molar-refractivity contribution is 8.03. The van der Waals surface area contributed by atoms with Crippen molar-refractivity contribution in [3.05, 3.63) is 50.8 Å². The van der Waals surface area contributed by atoms with Gasteiger partial charge >= 0.3 is 0 Å². The molecule has 0 radical (unpaired) electrons. The number of amides is 1. The quantitative estimate of drug-likeness (QED) is 0.238. The second-order valence-electron chi connectivity index (χ2n) is 5.62. The molecular formula is C18H20N4O5S. The van der Waals surface area contributed by atoms with E-state index in [-0.39, 0.29) is 33.1 Å². The van der Waals surface area contributed by atoms with Crippen molar-refractivity contribution in [1.29, 1.82) is 0 Å². The van der Waals surface area contributed by atoms with E-state index >= 15 is 0 Å². The average Bonchev–Trinajstić information content (AvgIpc) is 2.63. The molecule has 0 atom stereocenters. The zero-order valence-electron chi connectivity index (χ0n) is 15.5. The van der Waals surface area contributed by atoms with Gasteiger partial charge in [0, 0.05) is 5.56 Å². The van der Waals surface area contributed by atoms with Crippen molar-refractivity contribution in [2.75, 3.05) is 17.7 Å². The number of aliphatic hydroxyl groups is 1. The van der Waals surface area contributed by atoms with E-state index in [1.54, 1.807) is 24.3 Å². The summed E-state index contributed by atoms with van der Waals surface area (Å²) in [7, 11) is 0. The number of carbonyl (C=O) groups excluding carboxylic acids is 2. The van der Waals surface area contributed by atoms with E-state index in [1.165, 1.54) is 13.8 Å². The molecule has 28 heavy (non-hydrogen) atoms. The number of allylic oxidation sites excluding steroid dienone is 2. The van der Waals surface area contributed by atoms with Gasteiger partial charge in [-0.15, -0.1) is 0 Å². The number of aromatic amines is 1. The van der Waals surface area contributed by atoms with Crippen molar-refractivity contribution in [2.24, 2.45) is 0 Å². The van der Waals surface area contributed by atoms with Crippen LogP contribution in [0.2, 0.25) is 0 Å². The second kappa shape index (κ2) is 9.09. The number of hydrogen-bond donors (Lipinski definition) is 4. The van der Waals surface area contributed by atoms with Crippen LogP contribution in [-0.4, -0.2) is 33.4 Å². The number of H-pyrrole nitrogens is 1. The summed E-state index contributed by atoms with van der Waals surface area (Å²) in [5, 5.41) is 12.0. The zero-order chi connectivity index (χ0) is 20.8. The summed E-state index contributed by atoms with van der Waals surface area (Å²) < 4.78 is 5.31. The number of ketones is 1. The van der Waals surface area contributed by atoms with Crippen LogP contribution < -0.4 is 21.3 Å². The third kappa shape index (κ3) is 5.13. The Morgan fingerprint density at radius 3 is 2.43 bits per heavy atom. The minimum absolute atomic E-state index is 0.0140. The van der Waals surface area contributed by atoms with E-state index in [2.05, 4.69) is 15.3 Å². The highest BCUT2D eigenvalue weighted by Gasteiger charge is 2.17. The van der Waals surface area contributed by atoms with Crippen LogP contribution in [0, 0.1) is 0 Å². The highest BCUT2D eigenvalue weighted by Crippen LogP contribution is 2.27. The lowest BCUT2D eigenvalue weighted by atomic mass is 10.2. The summed E-state index contributed by atoms with van der Waals surface area (Å²) >= 11 is 0.770. The fraction of sp³-hybridized carbons (Fsp3) is 0.222. The monoisotopic (exact) mass is 404 g/mol. The summed E-state index contributed by atoms with van der Waals surface area (Å²) in [6, 6.07) is 6.38. The molecule has 0 fully saturated rings. The first-order valence-corrected chi connectivity index (χ1v) is 9.07. The maximum absolute atomic E-state index is 12.4. The number of ether oxygens (including phenoxy) is 1. The van der Waals surface area contributed by atoms with Gasteiger partial charge in [0.15, 0.2) is 16.8 Å². The number of aromatic nitrogens is 2. The van der Waals surface area contributed by atoms with Crippen molar-refractivity contribution in [3.63, 3.8) is 0 Å². The lowest BCUT2D eigenvalue weighted by molar-refractivity contribution is -0.113. The van der Waals surface area contributed by atoms with Gasteiger partial charge in [-0.25, -0.2) is 4.98 Å². The van der Waals surface area contributed by atoms with Crippen LogP contribution in [0.25, 0.3) is 0 Å². The van der Waals surface area contributed by atoms with Crippen LogP contribution in [0.4, 0.5) is 11.5 Å². The molecule has 1 aromatic carbocycles. The van der Waals surface area contributed by atoms with Gasteiger partial charge in [-0.05, 0) is 56.8 Å². The number of thioether (sulfide) groups is 1. The largest absolute Gasteiger partial charge is 0.511 e. The number of aliphatic hydroxyl groups excluding tert-OH is 1. The predicted octanol–water partition coefficient (Wildman–Crippen LogP) is 2.47. The van der Waals surface area contributed by atoms with E-state index in [0.29, 0.717) is 17.9 Å². The number of nitrogens with two attached hydrogens (primary N) is 1. The van der Waals surface area contributed by atoms with E-state index in [1.807, 2.05) is 6.92 Å². The number of anilines is 2. The number of nitrogens with zero attached hydrogens (tertiary/aromatic N) is 1. The van der Waals surface area contributed by atoms with E-state index in [9.17, 15) is 19.5 Å². The molecule has 0 aliphatic rings. The van der Waals surface area contributed by atoms with E-state index in [0.717, 1.165) is 11.8 Å². The fourth-order valence-electron chi connectivity index (χ4n) is 2.19. The Morgan fingerprint density at radius 2 is 1.93 bits per heavy atom. The van der Waals surface area contributed by atoms with Crippen molar-refractivity contribution in [1.82, 2.24) is 9.97 Å². The van der Waals surface area contributed by atoms with Gasteiger partial charge in [-0.3, -0.25) is 19.4 Å². The molecule has 2 rings (SSSR count). The molecule has 0 bridgehead atoms. The number of rotatable bonds is 7. The minimum atomic E-state index is -0.687. The topological polar surface area (TPSA) is 147 Å². The number of benzene rings is 1. The molecule has 1 aromatic heterocycles. The highest BCUT2D eigenvalue weighted by atomic mass is 32.2. The second-order valence-corrected chi connectivity index (χ2v) is 6.61. The molecule has 148 valence electrons. The summed E-state index contributed by atoms with van der Waals surface area (Å²) in [6.45, 7) is 4.97. The van der Waals surface area contributed by atoms with Gasteiger partial charge in [-0.1, -0.05) is 0 Å². The molecule has 0 unspecified atom stereocenters. The van der Waals surface area contributed by atoms with E-state index < -0.39 is 11.5 Å². The summed E-state index contributed by atoms with van der Waals surface area (Å²) in [4.78, 5) is 42.6. The third-order valence-corrected chi connectivity index (χ3v) is 4.61. The first-order valence-electron chi connectivity index (χ1n) is 8.25. The molecule has 1 amide bonds. The smallest absolute Gasteiger partial charge is 0.277 e. The first kappa shape index (κ1) is 21.0. The van der Waals surface area contributed by atoms with Gasteiger partial charge in [-0.2, -0.15) is 0 Å². The Kier molecular flexibility index (Phi) is 6.83. The number of carbonyl (C=O) groups is 2. The molecule has 10 heteroatoms. The maximum Gasteiger partial charge on any atom is 0.277 e.